The lowest BCUT2D eigenvalue weighted by atomic mass is 10.0. The maximum Gasteiger partial charge on any atom is 0.261 e. The fourth-order valence-electron chi connectivity index (χ4n) is 4.03. The largest absolute Gasteiger partial charge is 0.340 e. The Bertz CT molecular complexity index is 1370. The number of hydrogen-bond donors (Lipinski definition) is 1. The number of carbonyl (C=O) groups is 1. The van der Waals surface area contributed by atoms with Gasteiger partial charge in [-0.15, -0.1) is 0 Å². The van der Waals surface area contributed by atoms with Crippen molar-refractivity contribution in [2.45, 2.75) is 34.2 Å². The van der Waals surface area contributed by atoms with Crippen molar-refractivity contribution in [2.75, 3.05) is 5.32 Å². The summed E-state index contributed by atoms with van der Waals surface area (Å²) in [6, 6.07) is 25.3. The maximum absolute atomic E-state index is 13.5. The van der Waals surface area contributed by atoms with Gasteiger partial charge in [0, 0.05) is 24.0 Å². The number of nitrogens with one attached hydrogen (secondary N) is 1. The van der Waals surface area contributed by atoms with Gasteiger partial charge in [0.05, 0.1) is 5.69 Å². The molecule has 0 aliphatic heterocycles. The molecule has 4 nitrogen and oxygen atoms in total. The van der Waals surface area contributed by atoms with Gasteiger partial charge in [-0.2, -0.15) is 0 Å². The van der Waals surface area contributed by atoms with Gasteiger partial charge in [0.2, 0.25) is 0 Å². The first-order valence-electron chi connectivity index (χ1n) is 11.1. The number of benzene rings is 3. The second-order valence-corrected chi connectivity index (χ2v) is 8.51. The summed E-state index contributed by atoms with van der Waals surface area (Å²) in [5.74, 6) is -0.398. The van der Waals surface area contributed by atoms with E-state index in [1.54, 1.807) is 6.07 Å². The standard InChI is InChI=1S/C29H28N2O2/c1-19-13-15-23(16-14-19)18-31-21(3)17-26(32)27(28(31)24-10-6-5-7-11-24)29(33)30-25-12-8-9-20(2)22(25)4/h5-17H,18H2,1-4H3,(H,30,33). The lowest BCUT2D eigenvalue weighted by Crippen LogP contribution is -2.27. The minimum absolute atomic E-state index is 0.153. The summed E-state index contributed by atoms with van der Waals surface area (Å²) < 4.78 is 2.05. The summed E-state index contributed by atoms with van der Waals surface area (Å²) >= 11 is 0. The normalized spacial score (nSPS) is 10.8. The van der Waals surface area contributed by atoms with Crippen LogP contribution in [-0.4, -0.2) is 10.5 Å². The van der Waals surface area contributed by atoms with E-state index < -0.39 is 5.91 Å². The van der Waals surface area contributed by atoms with E-state index in [4.69, 9.17) is 0 Å². The molecule has 0 bridgehead atoms. The number of amides is 1. The molecule has 0 unspecified atom stereocenters. The van der Waals surface area contributed by atoms with E-state index in [0.29, 0.717) is 17.9 Å². The Hall–Kier alpha value is -3.92. The van der Waals surface area contributed by atoms with Crippen LogP contribution in [0.1, 0.15) is 38.3 Å². The molecule has 33 heavy (non-hydrogen) atoms. The summed E-state index contributed by atoms with van der Waals surface area (Å²) in [7, 11) is 0. The number of rotatable bonds is 5. The Morgan fingerprint density at radius 1 is 0.848 bits per heavy atom. The van der Waals surface area contributed by atoms with Gasteiger partial charge in [-0.05, 0) is 56.0 Å². The first-order valence-corrected chi connectivity index (χ1v) is 11.1. The van der Waals surface area contributed by atoms with Gasteiger partial charge in [0.25, 0.3) is 5.91 Å². The fraction of sp³-hybridized carbons (Fsp3) is 0.172. The van der Waals surface area contributed by atoms with Crippen LogP contribution in [-0.2, 0) is 6.54 Å². The van der Waals surface area contributed by atoms with Crippen LogP contribution in [0.3, 0.4) is 0 Å². The Balaban J connectivity index is 1.89. The maximum atomic E-state index is 13.5. The SMILES string of the molecule is Cc1ccc(Cn2c(C)cc(=O)c(C(=O)Nc3cccc(C)c3C)c2-c2ccccc2)cc1. The van der Waals surface area contributed by atoms with Gasteiger partial charge in [-0.25, -0.2) is 0 Å². The van der Waals surface area contributed by atoms with Crippen molar-refractivity contribution in [1.82, 2.24) is 4.57 Å². The van der Waals surface area contributed by atoms with Crippen molar-refractivity contribution in [3.63, 3.8) is 0 Å². The Morgan fingerprint density at radius 3 is 2.24 bits per heavy atom. The van der Waals surface area contributed by atoms with E-state index in [1.165, 1.54) is 5.56 Å². The van der Waals surface area contributed by atoms with E-state index in [9.17, 15) is 9.59 Å². The van der Waals surface area contributed by atoms with Crippen LogP contribution in [0.5, 0.6) is 0 Å². The molecule has 0 radical (unpaired) electrons. The number of carbonyl (C=O) groups excluding carboxylic acids is 1. The predicted molar refractivity (Wildman–Crippen MR) is 135 cm³/mol. The molecule has 4 aromatic rings. The zero-order valence-corrected chi connectivity index (χ0v) is 19.5. The number of anilines is 1. The van der Waals surface area contributed by atoms with Gasteiger partial charge in [0.1, 0.15) is 5.56 Å². The zero-order chi connectivity index (χ0) is 23.5. The monoisotopic (exact) mass is 436 g/mol. The van der Waals surface area contributed by atoms with Gasteiger partial charge in [0.15, 0.2) is 5.43 Å². The van der Waals surface area contributed by atoms with Crippen LogP contribution in [0, 0.1) is 27.7 Å². The molecule has 3 aromatic carbocycles. The van der Waals surface area contributed by atoms with Crippen molar-refractivity contribution in [3.05, 3.63) is 123 Å². The Morgan fingerprint density at radius 2 is 1.55 bits per heavy atom. The van der Waals surface area contributed by atoms with E-state index in [-0.39, 0.29) is 11.0 Å². The molecule has 0 saturated heterocycles. The molecule has 0 aliphatic rings. The molecule has 4 rings (SSSR count). The molecule has 1 aromatic heterocycles. The quantitative estimate of drug-likeness (QED) is 0.414. The minimum atomic E-state index is -0.398. The number of hydrogen-bond acceptors (Lipinski definition) is 2. The van der Waals surface area contributed by atoms with Crippen molar-refractivity contribution in [3.8, 4) is 11.3 Å². The third-order valence-corrected chi connectivity index (χ3v) is 6.11. The average molecular weight is 437 g/mol. The number of aryl methyl sites for hydroxylation is 3. The van der Waals surface area contributed by atoms with Crippen LogP contribution >= 0.6 is 0 Å². The van der Waals surface area contributed by atoms with Gasteiger partial charge in [-0.3, -0.25) is 9.59 Å². The fourth-order valence-corrected chi connectivity index (χ4v) is 4.03. The second kappa shape index (κ2) is 9.29. The van der Waals surface area contributed by atoms with E-state index in [0.717, 1.165) is 27.9 Å². The van der Waals surface area contributed by atoms with Crippen LogP contribution < -0.4 is 10.7 Å². The highest BCUT2D eigenvalue weighted by Gasteiger charge is 2.22. The van der Waals surface area contributed by atoms with Gasteiger partial charge >= 0.3 is 0 Å². The second-order valence-electron chi connectivity index (χ2n) is 8.51. The molecule has 0 aliphatic carbocycles. The molecule has 0 atom stereocenters. The lowest BCUT2D eigenvalue weighted by molar-refractivity contribution is 0.102. The molecule has 1 heterocycles. The third-order valence-electron chi connectivity index (χ3n) is 6.11. The summed E-state index contributed by atoms with van der Waals surface area (Å²) in [4.78, 5) is 26.7. The summed E-state index contributed by atoms with van der Waals surface area (Å²) in [5.41, 5.74) is 7.20. The Kier molecular flexibility index (Phi) is 6.27. The van der Waals surface area contributed by atoms with Crippen LogP contribution in [0.4, 0.5) is 5.69 Å². The van der Waals surface area contributed by atoms with Crippen LogP contribution in [0.25, 0.3) is 11.3 Å². The molecule has 0 saturated carbocycles. The minimum Gasteiger partial charge on any atom is -0.340 e. The van der Waals surface area contributed by atoms with Crippen molar-refractivity contribution >= 4 is 11.6 Å². The average Bonchev–Trinajstić information content (AvgIpc) is 2.80. The number of pyridine rings is 1. The highest BCUT2D eigenvalue weighted by atomic mass is 16.2. The number of aromatic nitrogens is 1. The molecule has 1 N–H and O–H groups in total. The van der Waals surface area contributed by atoms with Crippen LogP contribution in [0.15, 0.2) is 83.7 Å². The topological polar surface area (TPSA) is 51.1 Å². The lowest BCUT2D eigenvalue weighted by Gasteiger charge is -2.21. The van der Waals surface area contributed by atoms with E-state index >= 15 is 0 Å². The predicted octanol–water partition coefficient (Wildman–Crippen LogP) is 6.05. The molecule has 4 heteroatoms. The molecule has 166 valence electrons. The van der Waals surface area contributed by atoms with E-state index in [1.807, 2.05) is 69.3 Å². The van der Waals surface area contributed by atoms with Crippen LogP contribution in [0.2, 0.25) is 0 Å². The first-order chi connectivity index (χ1) is 15.8. The third kappa shape index (κ3) is 4.65. The smallest absolute Gasteiger partial charge is 0.261 e. The molecular formula is C29H28N2O2. The molecule has 0 fully saturated rings. The van der Waals surface area contributed by atoms with Crippen molar-refractivity contribution in [1.29, 1.82) is 0 Å². The highest BCUT2D eigenvalue weighted by molar-refractivity contribution is 6.08. The molecule has 0 spiro atoms. The van der Waals surface area contributed by atoms with Crippen molar-refractivity contribution in [2.24, 2.45) is 0 Å². The molecular weight excluding hydrogens is 408 g/mol. The van der Waals surface area contributed by atoms with Gasteiger partial charge in [-0.1, -0.05) is 72.3 Å². The Labute approximate surface area is 194 Å². The van der Waals surface area contributed by atoms with Crippen molar-refractivity contribution < 1.29 is 4.79 Å². The zero-order valence-electron chi connectivity index (χ0n) is 19.5. The summed E-state index contributed by atoms with van der Waals surface area (Å²) in [5, 5.41) is 2.98. The number of nitrogens with zero attached hydrogens (tertiary/aromatic N) is 1. The highest BCUT2D eigenvalue weighted by Crippen LogP contribution is 2.26. The van der Waals surface area contributed by atoms with Gasteiger partial charge < -0.3 is 9.88 Å². The first kappa shape index (κ1) is 22.3. The molecule has 1 amide bonds. The summed E-state index contributed by atoms with van der Waals surface area (Å²) in [6.07, 6.45) is 0. The van der Waals surface area contributed by atoms with E-state index in [2.05, 4.69) is 41.1 Å². The summed E-state index contributed by atoms with van der Waals surface area (Å²) in [6.45, 7) is 8.49.